The topological polar surface area (TPSA) is 0 Å². The minimum atomic E-state index is 0.822. The molecule has 0 unspecified atom stereocenters. The second-order valence-electron chi connectivity index (χ2n) is 3.34. The monoisotopic (exact) mass is 208 g/mol. The van der Waals surface area contributed by atoms with Crippen molar-refractivity contribution < 1.29 is 0 Å². The van der Waals surface area contributed by atoms with E-state index in [4.69, 9.17) is 0 Å². The zero-order valence-corrected chi connectivity index (χ0v) is 10.5. The van der Waals surface area contributed by atoms with E-state index in [1.165, 1.54) is 25.7 Å². The number of rotatable bonds is 5. The summed E-state index contributed by atoms with van der Waals surface area (Å²) in [4.78, 5) is 0. The van der Waals surface area contributed by atoms with Gasteiger partial charge in [0.25, 0.3) is 0 Å². The van der Waals surface area contributed by atoms with Gasteiger partial charge in [-0.05, 0) is 30.3 Å². The largest absolute Gasteiger partial charge is 0.179 e. The second-order valence-corrected chi connectivity index (χ2v) is 4.23. The highest BCUT2D eigenvalue weighted by molar-refractivity contribution is 7.80. The predicted octanol–water partition coefficient (Wildman–Crippen LogP) is 4.07. The minimum absolute atomic E-state index is 0.822. The summed E-state index contributed by atoms with van der Waals surface area (Å²) in [6.07, 6.45) is 5.16. The van der Waals surface area contributed by atoms with Gasteiger partial charge in [-0.15, -0.1) is 0 Å². The number of thiol groups is 2. The van der Waals surface area contributed by atoms with Crippen LogP contribution in [0.25, 0.3) is 0 Å². The molecule has 0 spiro atoms. The van der Waals surface area contributed by atoms with Gasteiger partial charge in [0, 0.05) is 0 Å². The molecule has 2 heteroatoms. The Morgan fingerprint density at radius 3 is 1.67 bits per heavy atom. The highest BCUT2D eigenvalue weighted by atomic mass is 32.1. The Morgan fingerprint density at radius 2 is 1.58 bits per heavy atom. The Hall–Kier alpha value is 0.700. The molecular weight excluding hydrogens is 184 g/mol. The number of unbranched alkanes of at least 4 members (excludes halogenated alkanes) is 2. The van der Waals surface area contributed by atoms with Gasteiger partial charge >= 0.3 is 0 Å². The summed E-state index contributed by atoms with van der Waals surface area (Å²) in [5.74, 6) is 2.90. The van der Waals surface area contributed by atoms with Gasteiger partial charge in [0.05, 0.1) is 0 Å². The van der Waals surface area contributed by atoms with Crippen molar-refractivity contribution in [3.8, 4) is 0 Å². The molecule has 0 aliphatic heterocycles. The Balaban J connectivity index is 0. The van der Waals surface area contributed by atoms with Crippen LogP contribution in [0.2, 0.25) is 0 Å². The molecule has 0 heterocycles. The van der Waals surface area contributed by atoms with Gasteiger partial charge in [0.1, 0.15) is 0 Å². The Labute approximate surface area is 89.3 Å². The van der Waals surface area contributed by atoms with Crippen LogP contribution in [0.15, 0.2) is 0 Å². The summed E-state index contributed by atoms with van der Waals surface area (Å²) in [6, 6.07) is 0. The molecule has 0 atom stereocenters. The van der Waals surface area contributed by atoms with Crippen LogP contribution in [-0.2, 0) is 0 Å². The summed E-state index contributed by atoms with van der Waals surface area (Å²) in [7, 11) is 0. The first kappa shape index (κ1) is 15.2. The van der Waals surface area contributed by atoms with E-state index in [1.54, 1.807) is 0 Å². The molecule has 0 amide bonds. The summed E-state index contributed by atoms with van der Waals surface area (Å²) in [6.45, 7) is 6.61. The fourth-order valence-electron chi connectivity index (χ4n) is 0.620. The van der Waals surface area contributed by atoms with Gasteiger partial charge in [-0.25, -0.2) is 0 Å². The number of hydrogen-bond acceptors (Lipinski definition) is 2. The minimum Gasteiger partial charge on any atom is -0.179 e. The normalized spacial score (nSPS) is 9.50. The average Bonchev–Trinajstić information content (AvgIpc) is 2.02. The van der Waals surface area contributed by atoms with Crippen molar-refractivity contribution >= 4 is 25.3 Å². The standard InChI is InChI=1S/2C5H12S/c1-5(2)3-4-6;1-2-3-4-5-6/h5-6H,3-4H2,1-2H3;6H,2-5H2,1H3. The van der Waals surface area contributed by atoms with E-state index in [-0.39, 0.29) is 0 Å². The first-order valence-corrected chi connectivity index (χ1v) is 6.17. The van der Waals surface area contributed by atoms with E-state index in [9.17, 15) is 0 Å². The lowest BCUT2D eigenvalue weighted by Gasteiger charge is -1.95. The third kappa shape index (κ3) is 22.4. The molecule has 0 fully saturated rings. The van der Waals surface area contributed by atoms with E-state index in [2.05, 4.69) is 46.0 Å². The quantitative estimate of drug-likeness (QED) is 0.494. The van der Waals surface area contributed by atoms with E-state index >= 15 is 0 Å². The van der Waals surface area contributed by atoms with E-state index in [1.807, 2.05) is 0 Å². The molecule has 0 aromatic carbocycles. The summed E-state index contributed by atoms with van der Waals surface area (Å²) in [5.41, 5.74) is 0. The van der Waals surface area contributed by atoms with Crippen molar-refractivity contribution in [2.24, 2.45) is 5.92 Å². The van der Waals surface area contributed by atoms with Gasteiger partial charge in [-0.2, -0.15) is 25.3 Å². The molecule has 0 N–H and O–H groups in total. The lowest BCUT2D eigenvalue weighted by Crippen LogP contribution is -1.85. The highest BCUT2D eigenvalue weighted by Gasteiger charge is 1.86. The second kappa shape index (κ2) is 14.2. The molecule has 0 rings (SSSR count). The van der Waals surface area contributed by atoms with Crippen molar-refractivity contribution in [2.45, 2.75) is 46.5 Å². The first-order chi connectivity index (χ1) is 5.68. The van der Waals surface area contributed by atoms with Crippen LogP contribution >= 0.6 is 25.3 Å². The van der Waals surface area contributed by atoms with Gasteiger partial charge in [0.15, 0.2) is 0 Å². The molecule has 0 bridgehead atoms. The summed E-state index contributed by atoms with van der Waals surface area (Å²) < 4.78 is 0. The lowest BCUT2D eigenvalue weighted by atomic mass is 10.2. The molecule has 0 aromatic rings. The summed E-state index contributed by atoms with van der Waals surface area (Å²) in [5, 5.41) is 0. The van der Waals surface area contributed by atoms with Crippen LogP contribution in [0, 0.1) is 5.92 Å². The van der Waals surface area contributed by atoms with Crippen LogP contribution in [0.5, 0.6) is 0 Å². The molecule has 0 radical (unpaired) electrons. The SMILES string of the molecule is CC(C)CCS.CCCCCS. The van der Waals surface area contributed by atoms with Crippen LogP contribution < -0.4 is 0 Å². The Kier molecular flexibility index (Phi) is 18.0. The molecule has 0 saturated carbocycles. The Bertz CT molecular complexity index is 58.9. The maximum atomic E-state index is 4.06. The van der Waals surface area contributed by atoms with Crippen molar-refractivity contribution in [3.63, 3.8) is 0 Å². The van der Waals surface area contributed by atoms with Crippen molar-refractivity contribution in [1.82, 2.24) is 0 Å². The fraction of sp³-hybridized carbons (Fsp3) is 1.00. The third-order valence-corrected chi connectivity index (χ3v) is 2.04. The van der Waals surface area contributed by atoms with Crippen LogP contribution in [0.3, 0.4) is 0 Å². The van der Waals surface area contributed by atoms with Gasteiger partial charge < -0.3 is 0 Å². The zero-order valence-electron chi connectivity index (χ0n) is 8.71. The maximum absolute atomic E-state index is 4.06. The molecule has 0 aliphatic rings. The van der Waals surface area contributed by atoms with E-state index in [0.29, 0.717) is 0 Å². The molecule has 0 saturated heterocycles. The maximum Gasteiger partial charge on any atom is -0.00955 e. The van der Waals surface area contributed by atoms with Crippen LogP contribution in [0.4, 0.5) is 0 Å². The van der Waals surface area contributed by atoms with Gasteiger partial charge in [-0.1, -0.05) is 33.6 Å². The first-order valence-electron chi connectivity index (χ1n) is 4.90. The molecule has 76 valence electrons. The smallest absolute Gasteiger partial charge is 0.00955 e. The molecule has 12 heavy (non-hydrogen) atoms. The van der Waals surface area contributed by atoms with Crippen molar-refractivity contribution in [2.75, 3.05) is 11.5 Å². The Morgan fingerprint density at radius 1 is 1.00 bits per heavy atom. The van der Waals surface area contributed by atoms with Crippen molar-refractivity contribution in [3.05, 3.63) is 0 Å². The number of hydrogen-bond donors (Lipinski definition) is 2. The summed E-state index contributed by atoms with van der Waals surface area (Å²) >= 11 is 8.11. The predicted molar refractivity (Wildman–Crippen MR) is 66.7 cm³/mol. The van der Waals surface area contributed by atoms with Gasteiger partial charge in [0.2, 0.25) is 0 Å². The molecule has 0 nitrogen and oxygen atoms in total. The van der Waals surface area contributed by atoms with Crippen LogP contribution in [0.1, 0.15) is 46.5 Å². The van der Waals surface area contributed by atoms with E-state index in [0.717, 1.165) is 17.4 Å². The van der Waals surface area contributed by atoms with Gasteiger partial charge in [-0.3, -0.25) is 0 Å². The lowest BCUT2D eigenvalue weighted by molar-refractivity contribution is 0.633. The van der Waals surface area contributed by atoms with E-state index < -0.39 is 0 Å². The van der Waals surface area contributed by atoms with Crippen LogP contribution in [-0.4, -0.2) is 11.5 Å². The molecular formula is C10H24S2. The fourth-order valence-corrected chi connectivity index (χ4v) is 1.36. The zero-order chi connectivity index (χ0) is 9.82. The highest BCUT2D eigenvalue weighted by Crippen LogP contribution is 1.98. The molecule has 0 aromatic heterocycles. The third-order valence-electron chi connectivity index (χ3n) is 1.47. The average molecular weight is 208 g/mol. The van der Waals surface area contributed by atoms with Crippen molar-refractivity contribution in [1.29, 1.82) is 0 Å². The molecule has 0 aliphatic carbocycles.